The molecule has 2 aliphatic rings. The van der Waals surface area contributed by atoms with Crippen molar-refractivity contribution < 1.29 is 18.3 Å². The number of carboxylic acids is 1. The highest BCUT2D eigenvalue weighted by Crippen LogP contribution is 2.31. The highest BCUT2D eigenvalue weighted by molar-refractivity contribution is 7.86. The van der Waals surface area contributed by atoms with Crippen LogP contribution in [0.2, 0.25) is 0 Å². The van der Waals surface area contributed by atoms with Gasteiger partial charge in [0.2, 0.25) is 0 Å². The van der Waals surface area contributed by atoms with Crippen molar-refractivity contribution in [2.45, 2.75) is 44.1 Å². The molecule has 0 unspecified atom stereocenters. The Balaban J connectivity index is 1.69. The summed E-state index contributed by atoms with van der Waals surface area (Å²) in [6.45, 7) is 1.19. The van der Waals surface area contributed by atoms with Crippen LogP contribution >= 0.6 is 0 Å². The monoisotopic (exact) mass is 341 g/mol. The van der Waals surface area contributed by atoms with Crippen LogP contribution in [0.4, 0.5) is 0 Å². The molecule has 0 aromatic carbocycles. The smallest absolute Gasteiger partial charge is 0.322 e. The number of hydrogen-bond acceptors (Lipinski definition) is 3. The summed E-state index contributed by atoms with van der Waals surface area (Å²) in [4.78, 5) is 14.4. The van der Waals surface area contributed by atoms with Crippen molar-refractivity contribution in [2.75, 3.05) is 19.6 Å². The lowest BCUT2D eigenvalue weighted by molar-refractivity contribution is -0.142. The largest absolute Gasteiger partial charge is 0.480 e. The number of rotatable bonds is 4. The lowest BCUT2D eigenvalue weighted by Crippen LogP contribution is -2.54. The molecule has 3 rings (SSSR count). The molecule has 0 aliphatic carbocycles. The normalized spacial score (nSPS) is 25.5. The third-order valence-corrected chi connectivity index (χ3v) is 6.96. The number of H-pyrrole nitrogens is 1. The molecule has 128 valence electrons. The second-order valence-corrected chi connectivity index (χ2v) is 8.17. The first-order valence-electron chi connectivity index (χ1n) is 8.12. The van der Waals surface area contributed by atoms with E-state index in [0.717, 1.165) is 25.7 Å². The number of hydrogen-bond donors (Lipinski definition) is 2. The van der Waals surface area contributed by atoms with Crippen LogP contribution < -0.4 is 0 Å². The number of aromatic amines is 1. The van der Waals surface area contributed by atoms with Crippen LogP contribution in [0.1, 0.15) is 43.6 Å². The van der Waals surface area contributed by atoms with E-state index in [9.17, 15) is 18.3 Å². The molecule has 8 heteroatoms. The van der Waals surface area contributed by atoms with Crippen molar-refractivity contribution >= 4 is 16.2 Å². The molecule has 1 atom stereocenters. The SMILES string of the molecule is O=C(O)[C@H]1CCCCN1S(=O)(=O)N1CCC(c2cc[nH]c2)CC1. The first-order chi connectivity index (χ1) is 11.0. The van der Waals surface area contributed by atoms with Gasteiger partial charge in [0, 0.05) is 32.0 Å². The van der Waals surface area contributed by atoms with E-state index in [1.165, 1.54) is 14.2 Å². The van der Waals surface area contributed by atoms with E-state index in [2.05, 4.69) is 4.98 Å². The Morgan fingerprint density at radius 3 is 2.52 bits per heavy atom. The summed E-state index contributed by atoms with van der Waals surface area (Å²) in [7, 11) is -3.69. The van der Waals surface area contributed by atoms with Gasteiger partial charge in [-0.25, -0.2) is 0 Å². The third kappa shape index (κ3) is 3.29. The van der Waals surface area contributed by atoms with Crippen molar-refractivity contribution in [3.05, 3.63) is 24.0 Å². The molecule has 0 saturated carbocycles. The number of nitrogens with zero attached hydrogens (tertiary/aromatic N) is 2. The fourth-order valence-corrected chi connectivity index (χ4v) is 5.43. The molecule has 0 spiro atoms. The molecule has 3 heterocycles. The Kier molecular flexibility index (Phi) is 4.74. The van der Waals surface area contributed by atoms with E-state index < -0.39 is 22.2 Å². The first kappa shape index (κ1) is 16.5. The van der Waals surface area contributed by atoms with E-state index in [-0.39, 0.29) is 0 Å². The van der Waals surface area contributed by atoms with Gasteiger partial charge in [-0.2, -0.15) is 17.0 Å². The second kappa shape index (κ2) is 6.62. The zero-order chi connectivity index (χ0) is 16.4. The molecule has 2 saturated heterocycles. The molecule has 1 aromatic rings. The van der Waals surface area contributed by atoms with Gasteiger partial charge in [-0.1, -0.05) is 0 Å². The van der Waals surface area contributed by atoms with Crippen molar-refractivity contribution in [1.82, 2.24) is 13.6 Å². The fourth-order valence-electron chi connectivity index (χ4n) is 3.59. The predicted octanol–water partition coefficient (Wildman–Crippen LogP) is 1.38. The van der Waals surface area contributed by atoms with Crippen molar-refractivity contribution in [3.63, 3.8) is 0 Å². The van der Waals surface area contributed by atoms with Crippen LogP contribution in [0.25, 0.3) is 0 Å². The average Bonchev–Trinajstić information content (AvgIpc) is 3.09. The van der Waals surface area contributed by atoms with Gasteiger partial charge in [0.1, 0.15) is 6.04 Å². The van der Waals surface area contributed by atoms with Gasteiger partial charge in [-0.15, -0.1) is 0 Å². The number of aromatic nitrogens is 1. The Labute approximate surface area is 136 Å². The third-order valence-electron chi connectivity index (χ3n) is 4.91. The average molecular weight is 341 g/mol. The zero-order valence-electron chi connectivity index (χ0n) is 13.0. The Bertz CT molecular complexity index is 636. The van der Waals surface area contributed by atoms with E-state index in [1.54, 1.807) is 0 Å². The highest BCUT2D eigenvalue weighted by atomic mass is 32.2. The van der Waals surface area contributed by atoms with Crippen LogP contribution in [0.5, 0.6) is 0 Å². The van der Waals surface area contributed by atoms with Crippen LogP contribution in [0.3, 0.4) is 0 Å². The van der Waals surface area contributed by atoms with Crippen molar-refractivity contribution in [3.8, 4) is 0 Å². The summed E-state index contributed by atoms with van der Waals surface area (Å²) in [6.07, 6.45) is 7.25. The van der Waals surface area contributed by atoms with Gasteiger partial charge < -0.3 is 10.1 Å². The Hall–Kier alpha value is -1.38. The van der Waals surface area contributed by atoms with Gasteiger partial charge >= 0.3 is 5.97 Å². The van der Waals surface area contributed by atoms with Gasteiger partial charge in [-0.3, -0.25) is 4.79 Å². The second-order valence-electron chi connectivity index (χ2n) is 6.29. The zero-order valence-corrected chi connectivity index (χ0v) is 13.8. The summed E-state index contributed by atoms with van der Waals surface area (Å²) < 4.78 is 28.3. The maximum Gasteiger partial charge on any atom is 0.322 e. The number of carbonyl (C=O) groups is 1. The molecular weight excluding hydrogens is 318 g/mol. The lowest BCUT2D eigenvalue weighted by atomic mass is 9.92. The first-order valence-corrected chi connectivity index (χ1v) is 9.52. The number of aliphatic carboxylic acids is 1. The fraction of sp³-hybridized carbons (Fsp3) is 0.667. The minimum Gasteiger partial charge on any atom is -0.480 e. The summed E-state index contributed by atoms with van der Waals surface area (Å²) >= 11 is 0. The van der Waals surface area contributed by atoms with E-state index >= 15 is 0 Å². The molecule has 0 bridgehead atoms. The quantitative estimate of drug-likeness (QED) is 0.865. The van der Waals surface area contributed by atoms with Gasteiger partial charge in [0.05, 0.1) is 0 Å². The van der Waals surface area contributed by atoms with E-state index in [4.69, 9.17) is 0 Å². The maximum atomic E-state index is 12.8. The molecule has 2 aliphatic heterocycles. The van der Waals surface area contributed by atoms with E-state index in [1.807, 2.05) is 18.5 Å². The van der Waals surface area contributed by atoms with Gasteiger partial charge in [0.25, 0.3) is 10.2 Å². The number of piperidine rings is 2. The molecule has 2 N–H and O–H groups in total. The minimum atomic E-state index is -3.69. The molecule has 7 nitrogen and oxygen atoms in total. The Morgan fingerprint density at radius 1 is 1.17 bits per heavy atom. The highest BCUT2D eigenvalue weighted by Gasteiger charge is 2.41. The summed E-state index contributed by atoms with van der Waals surface area (Å²) in [5.74, 6) is -0.681. The van der Waals surface area contributed by atoms with Gasteiger partial charge in [0.15, 0.2) is 0 Å². The van der Waals surface area contributed by atoms with Crippen LogP contribution in [0, 0.1) is 0 Å². The molecule has 0 amide bonds. The molecular formula is C15H23N3O4S. The maximum absolute atomic E-state index is 12.8. The van der Waals surface area contributed by atoms with Crippen LogP contribution in [-0.2, 0) is 15.0 Å². The minimum absolute atomic E-state index is 0.303. The number of carboxylic acid groups (broad SMARTS) is 1. The standard InChI is InChI=1S/C15H23N3O4S/c19-15(20)14-3-1-2-8-18(14)23(21,22)17-9-5-12(6-10-17)13-4-7-16-11-13/h4,7,11-12,14,16H,1-3,5-6,8-10H2,(H,19,20)/t14-/m1/s1. The van der Waals surface area contributed by atoms with E-state index in [0.29, 0.717) is 32.0 Å². The molecule has 1 aromatic heterocycles. The summed E-state index contributed by atoms with van der Waals surface area (Å²) in [6, 6.07) is 1.11. The predicted molar refractivity (Wildman–Crippen MR) is 85.2 cm³/mol. The molecule has 2 fully saturated rings. The van der Waals surface area contributed by atoms with Crippen molar-refractivity contribution in [1.29, 1.82) is 0 Å². The molecule has 23 heavy (non-hydrogen) atoms. The van der Waals surface area contributed by atoms with Crippen LogP contribution in [0.15, 0.2) is 18.5 Å². The topological polar surface area (TPSA) is 93.7 Å². The van der Waals surface area contributed by atoms with Crippen LogP contribution in [-0.4, -0.2) is 58.8 Å². The summed E-state index contributed by atoms with van der Waals surface area (Å²) in [5, 5.41) is 9.31. The summed E-state index contributed by atoms with van der Waals surface area (Å²) in [5.41, 5.74) is 1.21. The Morgan fingerprint density at radius 2 is 1.91 bits per heavy atom. The molecule has 0 radical (unpaired) electrons. The number of nitrogens with one attached hydrogen (secondary N) is 1. The van der Waals surface area contributed by atoms with Gasteiger partial charge in [-0.05, 0) is 49.7 Å². The lowest BCUT2D eigenvalue weighted by Gasteiger charge is -2.38. The van der Waals surface area contributed by atoms with Crippen molar-refractivity contribution in [2.24, 2.45) is 0 Å².